The molecule has 2 rings (SSSR count). The minimum Gasteiger partial charge on any atom is -0.406 e. The van der Waals surface area contributed by atoms with Crippen molar-refractivity contribution in [2.75, 3.05) is 0 Å². The standard InChI is InChI=1S/C13H12ClF3O/c14-11-4-1-10(8-11)7-9-2-5-12(6-3-9)18-13(15,16)17/h2-3,5-6,8,11H,1,4,7H2. The molecule has 0 radical (unpaired) electrons. The summed E-state index contributed by atoms with van der Waals surface area (Å²) in [6, 6.07) is 5.94. The van der Waals surface area contributed by atoms with E-state index < -0.39 is 6.36 Å². The molecule has 18 heavy (non-hydrogen) atoms. The van der Waals surface area contributed by atoms with Crippen LogP contribution in [-0.2, 0) is 6.42 Å². The van der Waals surface area contributed by atoms with Gasteiger partial charge in [-0.15, -0.1) is 24.8 Å². The highest BCUT2D eigenvalue weighted by Crippen LogP contribution is 2.27. The van der Waals surface area contributed by atoms with Crippen LogP contribution in [0.1, 0.15) is 18.4 Å². The Bertz CT molecular complexity index is 437. The maximum absolute atomic E-state index is 12.0. The Balaban J connectivity index is 1.98. The molecule has 1 aromatic carbocycles. The molecule has 1 aliphatic rings. The van der Waals surface area contributed by atoms with Gasteiger partial charge < -0.3 is 4.74 Å². The van der Waals surface area contributed by atoms with Crippen molar-refractivity contribution in [2.24, 2.45) is 0 Å². The topological polar surface area (TPSA) is 9.23 Å². The van der Waals surface area contributed by atoms with Gasteiger partial charge in [0.25, 0.3) is 0 Å². The van der Waals surface area contributed by atoms with Gasteiger partial charge in [0.1, 0.15) is 5.75 Å². The highest BCUT2D eigenvalue weighted by atomic mass is 35.5. The average Bonchev–Trinajstić information content (AvgIpc) is 2.65. The fourth-order valence-corrected chi connectivity index (χ4v) is 2.25. The molecule has 0 bridgehead atoms. The van der Waals surface area contributed by atoms with E-state index in [1.165, 1.54) is 17.7 Å². The Labute approximate surface area is 108 Å². The molecular weight excluding hydrogens is 265 g/mol. The number of hydrogen-bond donors (Lipinski definition) is 0. The fourth-order valence-electron chi connectivity index (χ4n) is 1.96. The molecule has 0 heterocycles. The molecule has 0 fully saturated rings. The number of ether oxygens (including phenoxy) is 1. The third-order valence-electron chi connectivity index (χ3n) is 2.75. The Kier molecular flexibility index (Phi) is 3.85. The van der Waals surface area contributed by atoms with Gasteiger partial charge in [-0.3, -0.25) is 0 Å². The molecule has 0 N–H and O–H groups in total. The molecule has 1 atom stereocenters. The molecule has 0 saturated carbocycles. The molecular formula is C13H12ClF3O. The van der Waals surface area contributed by atoms with Gasteiger partial charge in [-0.2, -0.15) is 0 Å². The van der Waals surface area contributed by atoms with Gasteiger partial charge in [-0.1, -0.05) is 23.8 Å². The van der Waals surface area contributed by atoms with E-state index in [9.17, 15) is 13.2 Å². The van der Waals surface area contributed by atoms with E-state index in [4.69, 9.17) is 11.6 Å². The van der Waals surface area contributed by atoms with E-state index in [1.807, 2.05) is 6.08 Å². The zero-order valence-corrected chi connectivity index (χ0v) is 10.3. The van der Waals surface area contributed by atoms with Crippen LogP contribution < -0.4 is 4.74 Å². The molecule has 0 spiro atoms. The van der Waals surface area contributed by atoms with Crippen LogP contribution >= 0.6 is 11.6 Å². The predicted octanol–water partition coefficient (Wildman–Crippen LogP) is 4.46. The molecule has 1 aromatic rings. The molecule has 1 aliphatic carbocycles. The second-order valence-corrected chi connectivity index (χ2v) is 4.81. The van der Waals surface area contributed by atoms with Gasteiger partial charge in [0, 0.05) is 0 Å². The SMILES string of the molecule is FC(F)(F)Oc1ccc(CC2=CC(Cl)CC2)cc1. The summed E-state index contributed by atoms with van der Waals surface area (Å²) in [7, 11) is 0. The molecule has 0 aliphatic heterocycles. The first kappa shape index (κ1) is 13.3. The molecule has 0 aromatic heterocycles. The maximum atomic E-state index is 12.0. The first-order valence-corrected chi connectivity index (χ1v) is 6.04. The van der Waals surface area contributed by atoms with Crippen LogP contribution in [0.5, 0.6) is 5.75 Å². The second-order valence-electron chi connectivity index (χ2n) is 4.25. The number of alkyl halides is 4. The van der Waals surface area contributed by atoms with Crippen molar-refractivity contribution in [2.45, 2.75) is 31.0 Å². The lowest BCUT2D eigenvalue weighted by Crippen LogP contribution is -2.17. The molecule has 0 amide bonds. The van der Waals surface area contributed by atoms with E-state index in [0.717, 1.165) is 24.8 Å². The largest absolute Gasteiger partial charge is 0.573 e. The number of allylic oxidation sites excluding steroid dienone is 2. The summed E-state index contributed by atoms with van der Waals surface area (Å²) in [5.74, 6) is -0.193. The van der Waals surface area contributed by atoms with Crippen LogP contribution in [0.2, 0.25) is 0 Å². The first-order valence-electron chi connectivity index (χ1n) is 5.61. The van der Waals surface area contributed by atoms with Crippen LogP contribution in [-0.4, -0.2) is 11.7 Å². The molecule has 98 valence electrons. The fraction of sp³-hybridized carbons (Fsp3) is 0.385. The lowest BCUT2D eigenvalue weighted by atomic mass is 10.0. The Morgan fingerprint density at radius 2 is 1.89 bits per heavy atom. The summed E-state index contributed by atoms with van der Waals surface area (Å²) >= 11 is 5.95. The lowest BCUT2D eigenvalue weighted by molar-refractivity contribution is -0.274. The Morgan fingerprint density at radius 1 is 1.22 bits per heavy atom. The highest BCUT2D eigenvalue weighted by molar-refractivity contribution is 6.22. The van der Waals surface area contributed by atoms with Crippen LogP contribution in [0.3, 0.4) is 0 Å². The van der Waals surface area contributed by atoms with Crippen molar-refractivity contribution < 1.29 is 17.9 Å². The van der Waals surface area contributed by atoms with E-state index in [-0.39, 0.29) is 11.1 Å². The Hall–Kier alpha value is -1.16. The number of rotatable bonds is 3. The van der Waals surface area contributed by atoms with Crippen LogP contribution in [0.25, 0.3) is 0 Å². The van der Waals surface area contributed by atoms with Crippen LogP contribution in [0.4, 0.5) is 13.2 Å². The lowest BCUT2D eigenvalue weighted by Gasteiger charge is -2.09. The van der Waals surface area contributed by atoms with Crippen molar-refractivity contribution in [3.63, 3.8) is 0 Å². The molecule has 1 nitrogen and oxygen atoms in total. The molecule has 5 heteroatoms. The third-order valence-corrected chi connectivity index (χ3v) is 3.09. The molecule has 0 saturated heterocycles. The van der Waals surface area contributed by atoms with Crippen molar-refractivity contribution in [3.05, 3.63) is 41.5 Å². The van der Waals surface area contributed by atoms with E-state index in [0.29, 0.717) is 0 Å². The van der Waals surface area contributed by atoms with E-state index in [1.54, 1.807) is 12.1 Å². The summed E-state index contributed by atoms with van der Waals surface area (Å²) < 4.78 is 39.7. The summed E-state index contributed by atoms with van der Waals surface area (Å²) in [6.07, 6.45) is -0.000330. The number of halogens is 4. The summed E-state index contributed by atoms with van der Waals surface area (Å²) in [5.41, 5.74) is 2.20. The minimum absolute atomic E-state index is 0.0906. The monoisotopic (exact) mass is 276 g/mol. The summed E-state index contributed by atoms with van der Waals surface area (Å²) in [4.78, 5) is 0. The zero-order chi connectivity index (χ0) is 13.2. The number of hydrogen-bond acceptors (Lipinski definition) is 1. The summed E-state index contributed by atoms with van der Waals surface area (Å²) in [6.45, 7) is 0. The van der Waals surface area contributed by atoms with Gasteiger partial charge in [0.05, 0.1) is 5.38 Å². The summed E-state index contributed by atoms with van der Waals surface area (Å²) in [5, 5.41) is 0.0906. The van der Waals surface area contributed by atoms with Gasteiger partial charge >= 0.3 is 6.36 Å². The predicted molar refractivity (Wildman–Crippen MR) is 63.8 cm³/mol. The molecule has 1 unspecified atom stereocenters. The third kappa shape index (κ3) is 3.95. The van der Waals surface area contributed by atoms with E-state index >= 15 is 0 Å². The minimum atomic E-state index is -4.64. The van der Waals surface area contributed by atoms with Gasteiger partial charge in [0.15, 0.2) is 0 Å². The highest BCUT2D eigenvalue weighted by Gasteiger charge is 2.30. The normalized spacial score (nSPS) is 19.8. The Morgan fingerprint density at radius 3 is 2.39 bits per heavy atom. The van der Waals surface area contributed by atoms with E-state index in [2.05, 4.69) is 4.74 Å². The average molecular weight is 277 g/mol. The second kappa shape index (κ2) is 5.22. The zero-order valence-electron chi connectivity index (χ0n) is 9.51. The number of benzene rings is 1. The van der Waals surface area contributed by atoms with Crippen LogP contribution in [0, 0.1) is 0 Å². The quantitative estimate of drug-likeness (QED) is 0.585. The van der Waals surface area contributed by atoms with Gasteiger partial charge in [-0.05, 0) is 37.0 Å². The van der Waals surface area contributed by atoms with Crippen molar-refractivity contribution in [1.82, 2.24) is 0 Å². The van der Waals surface area contributed by atoms with Crippen molar-refractivity contribution in [1.29, 1.82) is 0 Å². The van der Waals surface area contributed by atoms with Crippen LogP contribution in [0.15, 0.2) is 35.9 Å². The van der Waals surface area contributed by atoms with Gasteiger partial charge in [0.2, 0.25) is 0 Å². The van der Waals surface area contributed by atoms with Crippen molar-refractivity contribution >= 4 is 11.6 Å². The first-order chi connectivity index (χ1) is 8.42. The maximum Gasteiger partial charge on any atom is 0.573 e. The smallest absolute Gasteiger partial charge is 0.406 e. The van der Waals surface area contributed by atoms with Crippen molar-refractivity contribution in [3.8, 4) is 5.75 Å². The van der Waals surface area contributed by atoms with Gasteiger partial charge in [-0.25, -0.2) is 0 Å².